The Labute approximate surface area is 172 Å². The van der Waals surface area contributed by atoms with Crippen LogP contribution in [0.3, 0.4) is 0 Å². The van der Waals surface area contributed by atoms with Gasteiger partial charge in [0.1, 0.15) is 5.82 Å². The third-order valence-corrected chi connectivity index (χ3v) is 5.85. The molecule has 0 bridgehead atoms. The Morgan fingerprint density at radius 1 is 0.967 bits per heavy atom. The number of alkyl halides is 3. The number of nitrogens with zero attached hydrogens (tertiary/aromatic N) is 6. The van der Waals surface area contributed by atoms with Crippen molar-refractivity contribution in [2.45, 2.75) is 37.9 Å². The first-order valence-electron chi connectivity index (χ1n) is 10.3. The Morgan fingerprint density at radius 3 is 2.50 bits per heavy atom. The summed E-state index contributed by atoms with van der Waals surface area (Å²) in [5.41, 5.74) is 1.09. The third-order valence-electron chi connectivity index (χ3n) is 5.85. The Balaban J connectivity index is 1.27. The van der Waals surface area contributed by atoms with Gasteiger partial charge in [0.2, 0.25) is 5.65 Å². The van der Waals surface area contributed by atoms with Crippen molar-refractivity contribution in [2.24, 2.45) is 0 Å². The van der Waals surface area contributed by atoms with Crippen LogP contribution in [0.1, 0.15) is 42.1 Å². The van der Waals surface area contributed by atoms with E-state index in [-0.39, 0.29) is 0 Å². The minimum absolute atomic E-state index is 0.513. The number of hydrogen-bond donors (Lipinski definition) is 0. The van der Waals surface area contributed by atoms with Crippen molar-refractivity contribution in [1.29, 1.82) is 0 Å². The first kappa shape index (κ1) is 19.3. The highest BCUT2D eigenvalue weighted by atomic mass is 19.4. The lowest BCUT2D eigenvalue weighted by atomic mass is 10.1. The van der Waals surface area contributed by atoms with Gasteiger partial charge in [-0.3, -0.25) is 9.30 Å². The molecular weight excluding hydrogens is 393 g/mol. The molecule has 2 fully saturated rings. The standard InChI is InChI=1S/C21H23F3N6/c22-21(23,24)17-6-2-15(3-7-17)14-28-9-1-10-29(13-12-28)19-20-27-26-18(16-4-5-16)30(20)11-8-25-19/h2-3,6-8,11,16H,1,4-5,9-10,12-14H2. The second kappa shape index (κ2) is 7.54. The molecule has 1 aromatic carbocycles. The van der Waals surface area contributed by atoms with E-state index in [4.69, 9.17) is 0 Å². The van der Waals surface area contributed by atoms with Crippen molar-refractivity contribution >= 4 is 11.5 Å². The van der Waals surface area contributed by atoms with Crippen molar-refractivity contribution in [1.82, 2.24) is 24.5 Å². The Morgan fingerprint density at radius 2 is 1.77 bits per heavy atom. The molecule has 5 rings (SSSR count). The van der Waals surface area contributed by atoms with Gasteiger partial charge in [-0.05, 0) is 37.0 Å². The van der Waals surface area contributed by atoms with Gasteiger partial charge < -0.3 is 4.90 Å². The Hall–Kier alpha value is -2.68. The van der Waals surface area contributed by atoms with Gasteiger partial charge in [-0.1, -0.05) is 12.1 Å². The average Bonchev–Trinajstić information content (AvgIpc) is 3.51. The van der Waals surface area contributed by atoms with Crippen LogP contribution in [0, 0.1) is 0 Å². The minimum Gasteiger partial charge on any atom is -0.352 e. The van der Waals surface area contributed by atoms with E-state index in [0.29, 0.717) is 12.5 Å². The molecule has 0 atom stereocenters. The van der Waals surface area contributed by atoms with Gasteiger partial charge in [-0.15, -0.1) is 10.2 Å². The zero-order chi connectivity index (χ0) is 20.7. The van der Waals surface area contributed by atoms with Crippen molar-refractivity contribution in [3.8, 4) is 0 Å². The van der Waals surface area contributed by atoms with Crippen LogP contribution in [0.15, 0.2) is 36.7 Å². The molecule has 1 saturated carbocycles. The molecule has 1 aliphatic heterocycles. The molecule has 0 unspecified atom stereocenters. The van der Waals surface area contributed by atoms with Crippen LogP contribution in [-0.4, -0.2) is 50.7 Å². The van der Waals surface area contributed by atoms with Crippen LogP contribution in [0.2, 0.25) is 0 Å². The molecule has 158 valence electrons. The lowest BCUT2D eigenvalue weighted by Crippen LogP contribution is -2.31. The normalized spacial score (nSPS) is 18.7. The number of fused-ring (bicyclic) bond motifs is 1. The van der Waals surface area contributed by atoms with Crippen molar-refractivity contribution in [2.75, 3.05) is 31.1 Å². The molecule has 3 aromatic rings. The van der Waals surface area contributed by atoms with Crippen LogP contribution >= 0.6 is 0 Å². The van der Waals surface area contributed by atoms with Crippen LogP contribution in [0.4, 0.5) is 19.0 Å². The van der Waals surface area contributed by atoms with Gasteiger partial charge in [0, 0.05) is 51.0 Å². The number of hydrogen-bond acceptors (Lipinski definition) is 5. The van der Waals surface area contributed by atoms with Gasteiger partial charge in [0.25, 0.3) is 0 Å². The molecule has 1 aliphatic carbocycles. The van der Waals surface area contributed by atoms with E-state index in [2.05, 4.69) is 29.4 Å². The molecule has 0 amide bonds. The van der Waals surface area contributed by atoms with E-state index in [0.717, 1.165) is 67.6 Å². The van der Waals surface area contributed by atoms with Crippen molar-refractivity contribution in [3.05, 3.63) is 53.6 Å². The van der Waals surface area contributed by atoms with Crippen molar-refractivity contribution < 1.29 is 13.2 Å². The minimum atomic E-state index is -4.29. The summed E-state index contributed by atoms with van der Waals surface area (Å²) >= 11 is 0. The zero-order valence-electron chi connectivity index (χ0n) is 16.5. The smallest absolute Gasteiger partial charge is 0.352 e. The summed E-state index contributed by atoms with van der Waals surface area (Å²) in [6.07, 6.45) is 2.73. The highest BCUT2D eigenvalue weighted by molar-refractivity contribution is 5.64. The number of rotatable bonds is 4. The average molecular weight is 416 g/mol. The van der Waals surface area contributed by atoms with Crippen LogP contribution in [-0.2, 0) is 12.7 Å². The molecule has 0 N–H and O–H groups in total. The first-order chi connectivity index (χ1) is 14.5. The largest absolute Gasteiger partial charge is 0.416 e. The summed E-state index contributed by atoms with van der Waals surface area (Å²) in [6.45, 7) is 4.00. The molecule has 2 aliphatic rings. The number of benzene rings is 1. The summed E-state index contributed by atoms with van der Waals surface area (Å²) in [7, 11) is 0. The van der Waals surface area contributed by atoms with Crippen LogP contribution in [0.25, 0.3) is 5.65 Å². The molecule has 9 heteroatoms. The maximum atomic E-state index is 12.8. The zero-order valence-corrected chi connectivity index (χ0v) is 16.5. The Bertz CT molecular complexity index is 1030. The molecular formula is C21H23F3N6. The summed E-state index contributed by atoms with van der Waals surface area (Å²) < 4.78 is 40.3. The summed E-state index contributed by atoms with van der Waals surface area (Å²) in [4.78, 5) is 9.11. The van der Waals surface area contributed by atoms with E-state index in [9.17, 15) is 13.2 Å². The number of aromatic nitrogens is 4. The molecule has 1 saturated heterocycles. The monoisotopic (exact) mass is 416 g/mol. The van der Waals surface area contributed by atoms with Gasteiger partial charge >= 0.3 is 6.18 Å². The van der Waals surface area contributed by atoms with E-state index >= 15 is 0 Å². The molecule has 30 heavy (non-hydrogen) atoms. The fourth-order valence-electron chi connectivity index (χ4n) is 4.07. The van der Waals surface area contributed by atoms with Crippen LogP contribution in [0.5, 0.6) is 0 Å². The van der Waals surface area contributed by atoms with Gasteiger partial charge in [-0.25, -0.2) is 4.98 Å². The topological polar surface area (TPSA) is 49.6 Å². The number of halogens is 3. The quantitative estimate of drug-likeness (QED) is 0.649. The maximum Gasteiger partial charge on any atom is 0.416 e. The molecule has 6 nitrogen and oxygen atoms in total. The predicted molar refractivity (Wildman–Crippen MR) is 106 cm³/mol. The fourth-order valence-corrected chi connectivity index (χ4v) is 4.07. The van der Waals surface area contributed by atoms with E-state index < -0.39 is 11.7 Å². The molecule has 0 radical (unpaired) electrons. The lowest BCUT2D eigenvalue weighted by Gasteiger charge is -2.23. The summed E-state index contributed by atoms with van der Waals surface area (Å²) in [5, 5.41) is 8.79. The predicted octanol–water partition coefficient (Wildman–Crippen LogP) is 3.73. The summed E-state index contributed by atoms with van der Waals surface area (Å²) in [6, 6.07) is 5.46. The molecule has 3 heterocycles. The van der Waals surface area contributed by atoms with E-state index in [1.54, 1.807) is 12.1 Å². The second-order valence-electron chi connectivity index (χ2n) is 8.09. The number of anilines is 1. The summed E-state index contributed by atoms with van der Waals surface area (Å²) in [5.74, 6) is 2.39. The maximum absolute atomic E-state index is 12.8. The van der Waals surface area contributed by atoms with E-state index in [1.165, 1.54) is 12.8 Å². The van der Waals surface area contributed by atoms with Crippen LogP contribution < -0.4 is 4.90 Å². The first-order valence-corrected chi connectivity index (χ1v) is 10.3. The SMILES string of the molecule is FC(F)(F)c1ccc(CN2CCCN(c3nccn4c(C5CC5)nnc34)CC2)cc1. The fraction of sp³-hybridized carbons (Fsp3) is 0.476. The highest BCUT2D eigenvalue weighted by Gasteiger charge is 2.31. The van der Waals surface area contributed by atoms with Crippen molar-refractivity contribution in [3.63, 3.8) is 0 Å². The third kappa shape index (κ3) is 3.86. The highest BCUT2D eigenvalue weighted by Crippen LogP contribution is 2.39. The van der Waals surface area contributed by atoms with Gasteiger partial charge in [0.05, 0.1) is 5.56 Å². The molecule has 2 aromatic heterocycles. The van der Waals surface area contributed by atoms with Gasteiger partial charge in [0.15, 0.2) is 5.82 Å². The lowest BCUT2D eigenvalue weighted by molar-refractivity contribution is -0.137. The second-order valence-corrected chi connectivity index (χ2v) is 8.09. The molecule has 0 spiro atoms. The Kier molecular flexibility index (Phi) is 4.85. The van der Waals surface area contributed by atoms with E-state index in [1.807, 2.05) is 12.4 Å². The van der Waals surface area contributed by atoms with Gasteiger partial charge in [-0.2, -0.15) is 13.2 Å².